The number of aliphatic imine (C=N–C) groups is 1. The third-order valence-corrected chi connectivity index (χ3v) is 6.45. The Labute approximate surface area is 216 Å². The van der Waals surface area contributed by atoms with Crippen molar-refractivity contribution in [2.75, 3.05) is 41.3 Å². The Balaban J connectivity index is 0.00000385. The second-order valence-electron chi connectivity index (χ2n) is 9.25. The highest BCUT2D eigenvalue weighted by Crippen LogP contribution is 2.35. The Bertz CT molecular complexity index is 895. The van der Waals surface area contributed by atoms with Crippen LogP contribution < -0.4 is 10.1 Å². The van der Waals surface area contributed by atoms with Gasteiger partial charge in [-0.25, -0.2) is 0 Å². The van der Waals surface area contributed by atoms with Gasteiger partial charge in [-0.2, -0.15) is 5.10 Å². The minimum atomic E-state index is 0. The standard InChI is InChI=1S/C25H40N6O.HI/c1-18(2)23-21(17-31(6)28-23)16-30(5)25(26-3)27-15-20-9-8-14-29(4)24(20)19-10-12-22(32-7)13-11-19;/h10-13,17-18,20,24H,8-9,14-16H2,1-7H3,(H,26,27);1H. The van der Waals surface area contributed by atoms with E-state index in [9.17, 15) is 0 Å². The van der Waals surface area contributed by atoms with Gasteiger partial charge in [0.15, 0.2) is 5.96 Å². The summed E-state index contributed by atoms with van der Waals surface area (Å²) in [4.78, 5) is 9.24. The van der Waals surface area contributed by atoms with E-state index < -0.39 is 0 Å². The molecular weight excluding hydrogens is 527 g/mol. The summed E-state index contributed by atoms with van der Waals surface area (Å²) in [7, 11) is 9.89. The molecule has 1 fully saturated rings. The number of aryl methyl sites for hydroxylation is 1. The molecule has 1 aromatic carbocycles. The molecule has 0 saturated carbocycles. The number of likely N-dealkylation sites (tertiary alicyclic amines) is 1. The van der Waals surface area contributed by atoms with Crippen LogP contribution >= 0.6 is 24.0 Å². The second-order valence-corrected chi connectivity index (χ2v) is 9.25. The highest BCUT2D eigenvalue weighted by molar-refractivity contribution is 14.0. The SMILES string of the molecule is CN=C(NCC1CCCN(C)C1c1ccc(OC)cc1)N(C)Cc1cn(C)nc1C(C)C.I. The first-order valence-corrected chi connectivity index (χ1v) is 11.6. The first-order valence-electron chi connectivity index (χ1n) is 11.6. The Morgan fingerprint density at radius 2 is 1.97 bits per heavy atom. The fourth-order valence-corrected chi connectivity index (χ4v) is 4.90. The number of nitrogens with zero attached hydrogens (tertiary/aromatic N) is 5. The summed E-state index contributed by atoms with van der Waals surface area (Å²) in [5.41, 5.74) is 3.75. The summed E-state index contributed by atoms with van der Waals surface area (Å²) in [6.45, 7) is 7.19. The van der Waals surface area contributed by atoms with E-state index in [0.717, 1.165) is 37.0 Å². The Kier molecular flexibility index (Phi) is 10.5. The summed E-state index contributed by atoms with van der Waals surface area (Å²) in [5, 5.41) is 8.30. The van der Waals surface area contributed by atoms with Crippen LogP contribution in [-0.4, -0.2) is 66.9 Å². The largest absolute Gasteiger partial charge is 0.497 e. The smallest absolute Gasteiger partial charge is 0.193 e. The molecule has 1 aliphatic heterocycles. The molecule has 1 aliphatic rings. The maximum absolute atomic E-state index is 5.35. The molecule has 1 saturated heterocycles. The molecule has 0 radical (unpaired) electrons. The van der Waals surface area contributed by atoms with Crippen LogP contribution in [0.2, 0.25) is 0 Å². The van der Waals surface area contributed by atoms with Crippen LogP contribution in [0.3, 0.4) is 0 Å². The van der Waals surface area contributed by atoms with Gasteiger partial charge in [0.1, 0.15) is 5.75 Å². The zero-order chi connectivity index (χ0) is 23.3. The van der Waals surface area contributed by atoms with E-state index in [-0.39, 0.29) is 24.0 Å². The number of benzene rings is 1. The predicted octanol–water partition coefficient (Wildman–Crippen LogP) is 4.26. The Morgan fingerprint density at radius 1 is 1.27 bits per heavy atom. The lowest BCUT2D eigenvalue weighted by atomic mass is 9.85. The van der Waals surface area contributed by atoms with Crippen LogP contribution in [0.1, 0.15) is 55.5 Å². The van der Waals surface area contributed by atoms with Gasteiger partial charge in [-0.15, -0.1) is 24.0 Å². The van der Waals surface area contributed by atoms with Crippen molar-refractivity contribution in [1.82, 2.24) is 24.9 Å². The van der Waals surface area contributed by atoms with Crippen molar-refractivity contribution < 1.29 is 4.74 Å². The lowest BCUT2D eigenvalue weighted by molar-refractivity contribution is 0.122. The first-order chi connectivity index (χ1) is 15.3. The number of rotatable bonds is 7. The summed E-state index contributed by atoms with van der Waals surface area (Å²) in [6, 6.07) is 8.92. The van der Waals surface area contributed by atoms with Crippen LogP contribution in [0.15, 0.2) is 35.5 Å². The molecule has 2 aromatic rings. The summed E-state index contributed by atoms with van der Waals surface area (Å²) in [5.74, 6) is 2.74. The zero-order valence-corrected chi connectivity index (χ0v) is 23.5. The lowest BCUT2D eigenvalue weighted by Crippen LogP contribution is -2.45. The number of hydrogen-bond acceptors (Lipinski definition) is 4. The predicted molar refractivity (Wildman–Crippen MR) is 147 cm³/mol. The number of ether oxygens (including phenoxy) is 1. The van der Waals surface area contributed by atoms with Crippen molar-refractivity contribution in [2.24, 2.45) is 18.0 Å². The van der Waals surface area contributed by atoms with Crippen LogP contribution in [0, 0.1) is 5.92 Å². The molecule has 1 N–H and O–H groups in total. The second kappa shape index (κ2) is 12.6. The molecule has 2 atom stereocenters. The molecular formula is C25H41IN6O. The normalized spacial score (nSPS) is 19.3. The monoisotopic (exact) mass is 568 g/mol. The fraction of sp³-hybridized carbons (Fsp3) is 0.600. The van der Waals surface area contributed by atoms with E-state index in [4.69, 9.17) is 4.74 Å². The van der Waals surface area contributed by atoms with E-state index in [1.165, 1.54) is 24.0 Å². The number of hydrogen-bond donors (Lipinski definition) is 1. The number of nitrogens with one attached hydrogen (secondary N) is 1. The van der Waals surface area contributed by atoms with Gasteiger partial charge in [0.25, 0.3) is 0 Å². The van der Waals surface area contributed by atoms with Gasteiger partial charge >= 0.3 is 0 Å². The van der Waals surface area contributed by atoms with E-state index >= 15 is 0 Å². The average molecular weight is 569 g/mol. The molecule has 0 amide bonds. The third kappa shape index (κ3) is 6.85. The van der Waals surface area contributed by atoms with Crippen molar-refractivity contribution in [2.45, 2.75) is 45.2 Å². The lowest BCUT2D eigenvalue weighted by Gasteiger charge is -2.40. The molecule has 7 nitrogen and oxygen atoms in total. The maximum Gasteiger partial charge on any atom is 0.193 e. The molecule has 3 rings (SSSR count). The highest BCUT2D eigenvalue weighted by Gasteiger charge is 2.30. The maximum atomic E-state index is 5.35. The average Bonchev–Trinajstić information content (AvgIpc) is 3.14. The Hall–Kier alpha value is -1.81. The molecule has 33 heavy (non-hydrogen) atoms. The summed E-state index contributed by atoms with van der Waals surface area (Å²) >= 11 is 0. The first kappa shape index (κ1) is 27.4. The zero-order valence-electron chi connectivity index (χ0n) is 21.2. The van der Waals surface area contributed by atoms with E-state index in [2.05, 4.69) is 83.6 Å². The quantitative estimate of drug-likeness (QED) is 0.308. The molecule has 0 aliphatic carbocycles. The number of halogens is 1. The third-order valence-electron chi connectivity index (χ3n) is 6.45. The summed E-state index contributed by atoms with van der Waals surface area (Å²) in [6.07, 6.45) is 4.54. The van der Waals surface area contributed by atoms with Crippen molar-refractivity contribution in [3.63, 3.8) is 0 Å². The summed E-state index contributed by atoms with van der Waals surface area (Å²) < 4.78 is 7.26. The van der Waals surface area contributed by atoms with Crippen LogP contribution in [-0.2, 0) is 13.6 Å². The number of piperidine rings is 1. The van der Waals surface area contributed by atoms with E-state index in [1.807, 2.05) is 18.8 Å². The number of guanidine groups is 1. The minimum Gasteiger partial charge on any atom is -0.497 e. The molecule has 2 unspecified atom stereocenters. The van der Waals surface area contributed by atoms with Crippen LogP contribution in [0.5, 0.6) is 5.75 Å². The Morgan fingerprint density at radius 3 is 2.58 bits per heavy atom. The van der Waals surface area contributed by atoms with Gasteiger partial charge in [-0.3, -0.25) is 14.6 Å². The number of methoxy groups -OCH3 is 1. The molecule has 184 valence electrons. The fourth-order valence-electron chi connectivity index (χ4n) is 4.90. The van der Waals surface area contributed by atoms with Gasteiger partial charge in [-0.1, -0.05) is 26.0 Å². The molecule has 2 heterocycles. The minimum absolute atomic E-state index is 0. The van der Waals surface area contributed by atoms with Crippen LogP contribution in [0.4, 0.5) is 0 Å². The van der Waals surface area contributed by atoms with Gasteiger partial charge in [0.2, 0.25) is 0 Å². The van der Waals surface area contributed by atoms with Gasteiger partial charge in [-0.05, 0) is 56.0 Å². The topological polar surface area (TPSA) is 57.9 Å². The highest BCUT2D eigenvalue weighted by atomic mass is 127. The van der Waals surface area contributed by atoms with Gasteiger partial charge in [0, 0.05) is 52.0 Å². The molecule has 0 bridgehead atoms. The van der Waals surface area contributed by atoms with Crippen molar-refractivity contribution >= 4 is 29.9 Å². The van der Waals surface area contributed by atoms with Crippen molar-refractivity contribution in [1.29, 1.82) is 0 Å². The van der Waals surface area contributed by atoms with E-state index in [1.54, 1.807) is 7.11 Å². The van der Waals surface area contributed by atoms with Gasteiger partial charge in [0.05, 0.1) is 12.8 Å². The van der Waals surface area contributed by atoms with Crippen LogP contribution in [0.25, 0.3) is 0 Å². The molecule has 8 heteroatoms. The number of aromatic nitrogens is 2. The molecule has 0 spiro atoms. The van der Waals surface area contributed by atoms with E-state index in [0.29, 0.717) is 17.9 Å². The van der Waals surface area contributed by atoms with Gasteiger partial charge < -0.3 is 15.0 Å². The molecule has 1 aromatic heterocycles. The van der Waals surface area contributed by atoms with Crippen molar-refractivity contribution in [3.05, 3.63) is 47.3 Å². The van der Waals surface area contributed by atoms with Crippen molar-refractivity contribution in [3.8, 4) is 5.75 Å².